The van der Waals surface area contributed by atoms with Gasteiger partial charge in [0.25, 0.3) is 0 Å². The van der Waals surface area contributed by atoms with Crippen LogP contribution in [0.15, 0.2) is 67.3 Å². The molecule has 0 spiro atoms. The van der Waals surface area contributed by atoms with Crippen LogP contribution in [-0.2, 0) is 17.8 Å². The Morgan fingerprint density at radius 1 is 1.11 bits per heavy atom. The predicted molar refractivity (Wildman–Crippen MR) is 106 cm³/mol. The van der Waals surface area contributed by atoms with E-state index in [1.165, 1.54) is 0 Å². The summed E-state index contributed by atoms with van der Waals surface area (Å²) in [6.45, 7) is 3.13. The predicted octanol–water partition coefficient (Wildman–Crippen LogP) is 2.83. The molecule has 1 atom stereocenters. The third kappa shape index (κ3) is 4.94. The summed E-state index contributed by atoms with van der Waals surface area (Å²) < 4.78 is 1.89. The molecule has 0 aliphatic rings. The van der Waals surface area contributed by atoms with Gasteiger partial charge in [0.2, 0.25) is 5.91 Å². The van der Waals surface area contributed by atoms with E-state index < -0.39 is 0 Å². The van der Waals surface area contributed by atoms with E-state index in [1.807, 2.05) is 79.6 Å². The van der Waals surface area contributed by atoms with Gasteiger partial charge in [-0.3, -0.25) is 9.78 Å². The summed E-state index contributed by atoms with van der Waals surface area (Å²) >= 11 is 0. The van der Waals surface area contributed by atoms with Gasteiger partial charge in [-0.15, -0.1) is 0 Å². The third-order valence-electron chi connectivity index (χ3n) is 4.57. The van der Waals surface area contributed by atoms with E-state index in [0.29, 0.717) is 6.54 Å². The minimum absolute atomic E-state index is 0.0165. The van der Waals surface area contributed by atoms with Crippen LogP contribution >= 0.6 is 0 Å². The lowest BCUT2D eigenvalue weighted by Crippen LogP contribution is -2.31. The molecule has 27 heavy (non-hydrogen) atoms. The molecule has 0 bridgehead atoms. The van der Waals surface area contributed by atoms with Crippen LogP contribution in [0.1, 0.15) is 24.2 Å². The van der Waals surface area contributed by atoms with Crippen molar-refractivity contribution in [2.24, 2.45) is 0 Å². The van der Waals surface area contributed by atoms with Crippen molar-refractivity contribution < 1.29 is 4.79 Å². The second-order valence-electron chi connectivity index (χ2n) is 6.50. The summed E-state index contributed by atoms with van der Waals surface area (Å²) in [6, 6.07) is 13.4. The molecule has 0 aliphatic heterocycles. The maximum Gasteiger partial charge on any atom is 0.243 e. The number of hydrogen-bond acceptors (Lipinski definition) is 4. The van der Waals surface area contributed by atoms with Crippen molar-refractivity contribution in [3.63, 3.8) is 0 Å². The topological polar surface area (TPSA) is 63.1 Å². The number of amides is 1. The molecule has 140 valence electrons. The monoisotopic (exact) mass is 363 g/mol. The molecule has 0 aliphatic carbocycles. The number of pyridine rings is 2. The van der Waals surface area contributed by atoms with Crippen molar-refractivity contribution in [3.8, 4) is 0 Å². The van der Waals surface area contributed by atoms with E-state index in [2.05, 4.69) is 20.2 Å². The highest BCUT2D eigenvalue weighted by atomic mass is 16.2. The molecule has 3 aromatic rings. The van der Waals surface area contributed by atoms with Crippen LogP contribution in [-0.4, -0.2) is 34.0 Å². The Morgan fingerprint density at radius 2 is 1.89 bits per heavy atom. The van der Waals surface area contributed by atoms with Gasteiger partial charge in [-0.25, -0.2) is 4.98 Å². The lowest BCUT2D eigenvalue weighted by molar-refractivity contribution is -0.124. The Labute approximate surface area is 159 Å². The fourth-order valence-electron chi connectivity index (χ4n) is 2.92. The first-order chi connectivity index (χ1) is 13.1. The van der Waals surface area contributed by atoms with Gasteiger partial charge < -0.3 is 14.8 Å². The summed E-state index contributed by atoms with van der Waals surface area (Å²) in [5.41, 5.74) is 2.05. The number of carbonyl (C=O) groups excluding carboxylic acids is 1. The number of likely N-dealkylation sites (N-methyl/N-ethyl adjacent to an activating group) is 1. The minimum Gasteiger partial charge on any atom is -0.359 e. The zero-order valence-corrected chi connectivity index (χ0v) is 15.7. The molecule has 1 amide bonds. The summed E-state index contributed by atoms with van der Waals surface area (Å²) in [5.74, 6) is 0.861. The molecule has 3 rings (SSSR count). The number of rotatable bonds is 8. The number of nitrogens with zero attached hydrogens (tertiary/aromatic N) is 4. The summed E-state index contributed by atoms with van der Waals surface area (Å²) in [5, 5.41) is 3.02. The molecule has 0 unspecified atom stereocenters. The lowest BCUT2D eigenvalue weighted by Gasteiger charge is -2.21. The summed E-state index contributed by atoms with van der Waals surface area (Å²) in [6.07, 6.45) is 8.21. The Kier molecular flexibility index (Phi) is 6.20. The van der Waals surface area contributed by atoms with E-state index in [4.69, 9.17) is 0 Å². The van der Waals surface area contributed by atoms with Crippen LogP contribution < -0.4 is 10.2 Å². The van der Waals surface area contributed by atoms with Crippen molar-refractivity contribution in [2.45, 2.75) is 25.9 Å². The highest BCUT2D eigenvalue weighted by Crippen LogP contribution is 2.16. The van der Waals surface area contributed by atoms with Gasteiger partial charge >= 0.3 is 0 Å². The molecule has 0 saturated heterocycles. The fraction of sp³-hybridized carbons (Fsp3) is 0.286. The van der Waals surface area contributed by atoms with Gasteiger partial charge in [0.15, 0.2) is 0 Å². The third-order valence-corrected chi connectivity index (χ3v) is 4.57. The first kappa shape index (κ1) is 18.6. The van der Waals surface area contributed by atoms with E-state index >= 15 is 0 Å². The van der Waals surface area contributed by atoms with Crippen molar-refractivity contribution in [3.05, 3.63) is 78.5 Å². The van der Waals surface area contributed by atoms with Crippen LogP contribution in [0.4, 0.5) is 5.82 Å². The molecule has 6 heteroatoms. The number of anilines is 1. The van der Waals surface area contributed by atoms with E-state index in [-0.39, 0.29) is 11.9 Å². The number of nitrogens with one attached hydrogen (secondary N) is 1. The Hall–Kier alpha value is -3.15. The number of carbonyl (C=O) groups is 1. The zero-order chi connectivity index (χ0) is 19.1. The van der Waals surface area contributed by atoms with Gasteiger partial charge in [0.05, 0.1) is 0 Å². The fourth-order valence-corrected chi connectivity index (χ4v) is 2.92. The Bertz CT molecular complexity index is 848. The minimum atomic E-state index is -0.248. The van der Waals surface area contributed by atoms with Crippen LogP contribution in [0.25, 0.3) is 0 Å². The molecular formula is C21H25N5O. The summed E-state index contributed by atoms with van der Waals surface area (Å²) in [7, 11) is 2.01. The first-order valence-electron chi connectivity index (χ1n) is 9.10. The molecule has 3 heterocycles. The van der Waals surface area contributed by atoms with E-state index in [9.17, 15) is 4.79 Å². The molecule has 1 N–H and O–H groups in total. The Balaban J connectivity index is 1.60. The van der Waals surface area contributed by atoms with Crippen molar-refractivity contribution >= 4 is 11.7 Å². The smallest absolute Gasteiger partial charge is 0.243 e. The van der Waals surface area contributed by atoms with E-state index in [1.54, 1.807) is 6.20 Å². The molecule has 6 nitrogen and oxygen atoms in total. The van der Waals surface area contributed by atoms with Gasteiger partial charge in [0.1, 0.15) is 11.9 Å². The van der Waals surface area contributed by atoms with Gasteiger partial charge in [0, 0.05) is 62.6 Å². The van der Waals surface area contributed by atoms with Crippen LogP contribution in [0.3, 0.4) is 0 Å². The molecule has 0 saturated carbocycles. The van der Waals surface area contributed by atoms with Crippen molar-refractivity contribution in [2.75, 3.05) is 18.5 Å². The highest BCUT2D eigenvalue weighted by molar-refractivity contribution is 5.80. The molecular weight excluding hydrogens is 338 g/mol. The van der Waals surface area contributed by atoms with Gasteiger partial charge in [-0.1, -0.05) is 12.1 Å². The van der Waals surface area contributed by atoms with Crippen molar-refractivity contribution in [1.82, 2.24) is 19.9 Å². The first-order valence-corrected chi connectivity index (χ1v) is 9.10. The van der Waals surface area contributed by atoms with Crippen molar-refractivity contribution in [1.29, 1.82) is 0 Å². The maximum absolute atomic E-state index is 12.4. The van der Waals surface area contributed by atoms with Crippen LogP contribution in [0.2, 0.25) is 0 Å². The number of aromatic nitrogens is 3. The molecule has 0 aromatic carbocycles. The zero-order valence-electron chi connectivity index (χ0n) is 15.7. The highest BCUT2D eigenvalue weighted by Gasteiger charge is 2.15. The van der Waals surface area contributed by atoms with Gasteiger partial charge in [-0.2, -0.15) is 0 Å². The second kappa shape index (κ2) is 8.98. The van der Waals surface area contributed by atoms with Crippen LogP contribution in [0.5, 0.6) is 0 Å². The molecule has 0 radical (unpaired) electrons. The number of hydrogen-bond donors (Lipinski definition) is 1. The average molecular weight is 363 g/mol. The summed E-state index contributed by atoms with van der Waals surface area (Å²) in [4.78, 5) is 23.4. The average Bonchev–Trinajstić information content (AvgIpc) is 3.25. The second-order valence-corrected chi connectivity index (χ2v) is 6.50. The van der Waals surface area contributed by atoms with E-state index in [0.717, 1.165) is 30.0 Å². The standard InChI is InChI=1S/C21H25N5O/c1-17(26-13-5-6-14-26)21(27)24-16-18-8-7-12-23-20(18)25(2)15-10-19-9-3-4-11-22-19/h3-9,11-14,17H,10,15-16H2,1-2H3,(H,24,27)/t17-/m1/s1. The maximum atomic E-state index is 12.4. The SMILES string of the molecule is C[C@H](C(=O)NCc1cccnc1N(C)CCc1ccccn1)n1cccc1. The lowest BCUT2D eigenvalue weighted by atomic mass is 10.2. The Morgan fingerprint density at radius 3 is 2.63 bits per heavy atom. The quantitative estimate of drug-likeness (QED) is 0.668. The molecule has 0 fully saturated rings. The van der Waals surface area contributed by atoms with Gasteiger partial charge in [-0.05, 0) is 37.3 Å². The normalized spacial score (nSPS) is 11.8. The van der Waals surface area contributed by atoms with Crippen LogP contribution in [0, 0.1) is 0 Å². The molecule has 3 aromatic heterocycles. The largest absolute Gasteiger partial charge is 0.359 e.